The third kappa shape index (κ3) is 3.32. The molecule has 1 aromatic rings. The molecule has 0 aliphatic heterocycles. The van der Waals surface area contributed by atoms with Crippen molar-refractivity contribution in [3.05, 3.63) is 24.3 Å². The van der Waals surface area contributed by atoms with Gasteiger partial charge in [0, 0.05) is 0 Å². The van der Waals surface area contributed by atoms with Crippen LogP contribution in [0.3, 0.4) is 0 Å². The van der Waals surface area contributed by atoms with Gasteiger partial charge in [0.2, 0.25) is 0 Å². The molecule has 1 aromatic carbocycles. The Kier molecular flexibility index (Phi) is 5.99. The minimum atomic E-state index is -0.0191. The summed E-state index contributed by atoms with van der Waals surface area (Å²) in [6, 6.07) is 6.34. The fourth-order valence-electron chi connectivity index (χ4n) is 0.601. The van der Waals surface area contributed by atoms with E-state index in [4.69, 9.17) is 4.74 Å². The van der Waals surface area contributed by atoms with Gasteiger partial charge in [-0.1, -0.05) is 12.1 Å². The van der Waals surface area contributed by atoms with Gasteiger partial charge in [-0.15, -0.1) is 5.75 Å². The molecule has 10 heavy (non-hydrogen) atoms. The van der Waals surface area contributed by atoms with E-state index in [1.165, 1.54) is 19.2 Å². The van der Waals surface area contributed by atoms with Crippen molar-refractivity contribution in [3.63, 3.8) is 0 Å². The van der Waals surface area contributed by atoms with Gasteiger partial charge in [0.15, 0.2) is 0 Å². The van der Waals surface area contributed by atoms with Crippen LogP contribution in [0.1, 0.15) is 0 Å². The molecule has 0 N–H and O–H groups in total. The summed E-state index contributed by atoms with van der Waals surface area (Å²) in [6.07, 6.45) is 0. The molecule has 0 spiro atoms. The van der Waals surface area contributed by atoms with E-state index in [0.29, 0.717) is 5.75 Å². The van der Waals surface area contributed by atoms with E-state index in [1.807, 2.05) is 0 Å². The molecule has 0 aliphatic carbocycles. The van der Waals surface area contributed by atoms with E-state index in [2.05, 4.69) is 0 Å². The zero-order chi connectivity index (χ0) is 6.69. The van der Waals surface area contributed by atoms with Gasteiger partial charge < -0.3 is 9.84 Å². The third-order valence-corrected chi connectivity index (χ3v) is 1.04. The summed E-state index contributed by atoms with van der Waals surface area (Å²) in [5, 5.41) is 10.6. The summed E-state index contributed by atoms with van der Waals surface area (Å²) in [5.74, 6) is 0.594. The summed E-state index contributed by atoms with van der Waals surface area (Å²) in [4.78, 5) is 0. The minimum absolute atomic E-state index is 0. The SMILES string of the molecule is COc1cccc([O-])c1.[Cs+]. The smallest absolute Gasteiger partial charge is 0.872 e. The van der Waals surface area contributed by atoms with Gasteiger partial charge in [0.05, 0.1) is 7.11 Å². The first-order valence-corrected chi connectivity index (χ1v) is 2.64. The van der Waals surface area contributed by atoms with E-state index in [-0.39, 0.29) is 74.6 Å². The number of hydrogen-bond acceptors (Lipinski definition) is 2. The molecule has 0 atom stereocenters. The topological polar surface area (TPSA) is 32.3 Å². The Balaban J connectivity index is 0.000000810. The molecule has 1 rings (SSSR count). The Morgan fingerprint density at radius 1 is 1.40 bits per heavy atom. The largest absolute Gasteiger partial charge is 1.00 e. The first-order valence-electron chi connectivity index (χ1n) is 2.64. The predicted octanol–water partition coefficient (Wildman–Crippen LogP) is -2.23. The molecule has 3 heteroatoms. The molecule has 0 saturated heterocycles. The predicted molar refractivity (Wildman–Crippen MR) is 32.4 cm³/mol. The maximum Gasteiger partial charge on any atom is 1.00 e. The Labute approximate surface area is 119 Å². The molecule has 0 aliphatic rings. The first-order chi connectivity index (χ1) is 4.33. The Hall–Kier alpha value is 0.872. The zero-order valence-corrected chi connectivity index (χ0v) is 12.4. The molecule has 0 aromatic heterocycles. The minimum Gasteiger partial charge on any atom is -0.872 e. The van der Waals surface area contributed by atoms with Gasteiger partial charge in [0.1, 0.15) is 5.75 Å². The van der Waals surface area contributed by atoms with Crippen LogP contribution < -0.4 is 78.7 Å². The van der Waals surface area contributed by atoms with E-state index < -0.39 is 0 Å². The third-order valence-electron chi connectivity index (χ3n) is 1.04. The standard InChI is InChI=1S/C7H8O2.Cs/c1-9-7-4-2-3-6(8)5-7;/h2-5,8H,1H3;/q;+1/p-1. The summed E-state index contributed by atoms with van der Waals surface area (Å²) in [5.41, 5.74) is 0. The molecule has 0 saturated carbocycles. The van der Waals surface area contributed by atoms with Gasteiger partial charge in [-0.2, -0.15) is 0 Å². The van der Waals surface area contributed by atoms with Gasteiger partial charge in [-0.25, -0.2) is 0 Å². The number of rotatable bonds is 1. The van der Waals surface area contributed by atoms with Gasteiger partial charge in [-0.3, -0.25) is 0 Å². The zero-order valence-electron chi connectivity index (χ0n) is 6.13. The van der Waals surface area contributed by atoms with Crippen LogP contribution in [0.2, 0.25) is 0 Å². The molecule has 0 bridgehead atoms. The number of ether oxygens (including phenoxy) is 1. The molecule has 0 amide bonds. The number of hydrogen-bond donors (Lipinski definition) is 0. The Morgan fingerprint density at radius 3 is 2.50 bits per heavy atom. The quantitative estimate of drug-likeness (QED) is 0.570. The summed E-state index contributed by atoms with van der Waals surface area (Å²) in [6.45, 7) is 0. The van der Waals surface area contributed by atoms with Gasteiger partial charge in [0.25, 0.3) is 0 Å². The molecule has 0 radical (unpaired) electrons. The Bertz CT molecular complexity index is 201. The first kappa shape index (κ1) is 10.9. The molecule has 0 heterocycles. The van der Waals surface area contributed by atoms with Crippen molar-refractivity contribution >= 4 is 0 Å². The average Bonchev–Trinajstić information content (AvgIpc) is 1.88. The summed E-state index contributed by atoms with van der Waals surface area (Å²) >= 11 is 0. The van der Waals surface area contributed by atoms with E-state index >= 15 is 0 Å². The van der Waals surface area contributed by atoms with E-state index in [9.17, 15) is 5.11 Å². The van der Waals surface area contributed by atoms with Gasteiger partial charge in [-0.05, 0) is 12.1 Å². The molecule has 0 unspecified atom stereocenters. The molecular formula is C7H7CsO2. The van der Waals surface area contributed by atoms with Gasteiger partial charge >= 0.3 is 68.9 Å². The molecular weight excluding hydrogens is 249 g/mol. The van der Waals surface area contributed by atoms with Crippen molar-refractivity contribution in [3.8, 4) is 11.5 Å². The summed E-state index contributed by atoms with van der Waals surface area (Å²) < 4.78 is 4.80. The van der Waals surface area contributed by atoms with Crippen molar-refractivity contribution in [1.82, 2.24) is 0 Å². The Morgan fingerprint density at radius 2 is 2.10 bits per heavy atom. The van der Waals surface area contributed by atoms with E-state index in [0.717, 1.165) is 0 Å². The van der Waals surface area contributed by atoms with Crippen LogP contribution in [-0.4, -0.2) is 7.11 Å². The van der Waals surface area contributed by atoms with Crippen LogP contribution in [0, 0.1) is 0 Å². The second kappa shape index (κ2) is 5.51. The van der Waals surface area contributed by atoms with Crippen molar-refractivity contribution in [2.75, 3.05) is 7.11 Å². The second-order valence-corrected chi connectivity index (χ2v) is 1.68. The van der Waals surface area contributed by atoms with Crippen molar-refractivity contribution in [1.29, 1.82) is 0 Å². The van der Waals surface area contributed by atoms with E-state index in [1.54, 1.807) is 12.1 Å². The maximum absolute atomic E-state index is 10.6. The van der Waals surface area contributed by atoms with Crippen LogP contribution >= 0.6 is 0 Å². The molecule has 48 valence electrons. The van der Waals surface area contributed by atoms with Crippen molar-refractivity contribution in [2.24, 2.45) is 0 Å². The number of benzene rings is 1. The van der Waals surface area contributed by atoms with Crippen LogP contribution in [0.15, 0.2) is 24.3 Å². The van der Waals surface area contributed by atoms with Crippen LogP contribution in [0.4, 0.5) is 0 Å². The summed E-state index contributed by atoms with van der Waals surface area (Å²) in [7, 11) is 1.54. The monoisotopic (exact) mass is 256 g/mol. The normalized spacial score (nSPS) is 8.10. The molecule has 2 nitrogen and oxygen atoms in total. The fraction of sp³-hybridized carbons (Fsp3) is 0.143. The fourth-order valence-corrected chi connectivity index (χ4v) is 0.601. The maximum atomic E-state index is 10.6. The van der Waals surface area contributed by atoms with Crippen molar-refractivity contribution in [2.45, 2.75) is 0 Å². The second-order valence-electron chi connectivity index (χ2n) is 1.68. The number of methoxy groups -OCH3 is 1. The van der Waals surface area contributed by atoms with Crippen LogP contribution in [0.5, 0.6) is 11.5 Å². The molecule has 0 fully saturated rings. The van der Waals surface area contributed by atoms with Crippen molar-refractivity contribution < 1.29 is 78.7 Å². The van der Waals surface area contributed by atoms with Crippen LogP contribution in [0.25, 0.3) is 0 Å². The van der Waals surface area contributed by atoms with Crippen LogP contribution in [-0.2, 0) is 0 Å². The average molecular weight is 256 g/mol.